The molecule has 0 N–H and O–H groups in total. The first-order valence-electron chi connectivity index (χ1n) is 9.01. The molecule has 6 heteroatoms. The van der Waals surface area contributed by atoms with E-state index in [-0.39, 0.29) is 11.8 Å². The number of aryl methyl sites for hydroxylation is 1. The number of rotatable bonds is 4. The summed E-state index contributed by atoms with van der Waals surface area (Å²) >= 11 is 0. The Morgan fingerprint density at radius 2 is 1.67 bits per heavy atom. The van der Waals surface area contributed by atoms with Crippen LogP contribution in [0.15, 0.2) is 48.5 Å². The van der Waals surface area contributed by atoms with Crippen molar-refractivity contribution in [1.29, 1.82) is 0 Å². The van der Waals surface area contributed by atoms with Crippen molar-refractivity contribution in [2.45, 2.75) is 20.0 Å². The van der Waals surface area contributed by atoms with Crippen LogP contribution in [0.4, 0.5) is 4.39 Å². The molecule has 0 radical (unpaired) electrons. The van der Waals surface area contributed by atoms with Gasteiger partial charge in [0, 0.05) is 31.7 Å². The van der Waals surface area contributed by atoms with Gasteiger partial charge < -0.3 is 14.5 Å². The highest BCUT2D eigenvalue weighted by atomic mass is 19.1. The van der Waals surface area contributed by atoms with E-state index in [1.54, 1.807) is 22.8 Å². The highest BCUT2D eigenvalue weighted by Gasteiger charge is 2.28. The summed E-state index contributed by atoms with van der Waals surface area (Å²) in [5.74, 6) is -0.0902. The van der Waals surface area contributed by atoms with Gasteiger partial charge in [0.15, 0.2) is 6.10 Å². The minimum absolute atomic E-state index is 0.102. The molecular weight excluding hydrogens is 347 g/mol. The standard InChI is InChI=1S/C21H23FN2O3/c1-15-5-3-8-19(13-15)27-16(2)20(25)23-9-11-24(12-10-23)21(26)17-6-4-7-18(22)14-17/h3-8,13-14,16H,9-12H2,1-2H3. The number of nitrogens with zero attached hydrogens (tertiary/aromatic N) is 2. The van der Waals surface area contributed by atoms with Crippen LogP contribution in [0.25, 0.3) is 0 Å². The van der Waals surface area contributed by atoms with Gasteiger partial charge in [-0.15, -0.1) is 0 Å². The Bertz CT molecular complexity index is 832. The number of hydrogen-bond acceptors (Lipinski definition) is 3. The Balaban J connectivity index is 1.55. The van der Waals surface area contributed by atoms with Gasteiger partial charge in [0.2, 0.25) is 0 Å². The van der Waals surface area contributed by atoms with Crippen LogP contribution in [0.5, 0.6) is 5.75 Å². The summed E-state index contributed by atoms with van der Waals surface area (Å²) < 4.78 is 19.1. The average Bonchev–Trinajstić information content (AvgIpc) is 2.67. The van der Waals surface area contributed by atoms with Gasteiger partial charge in [-0.05, 0) is 49.7 Å². The topological polar surface area (TPSA) is 49.9 Å². The summed E-state index contributed by atoms with van der Waals surface area (Å²) in [4.78, 5) is 28.4. The Morgan fingerprint density at radius 3 is 2.33 bits per heavy atom. The van der Waals surface area contributed by atoms with Gasteiger partial charge in [0.1, 0.15) is 11.6 Å². The predicted octanol–water partition coefficient (Wildman–Crippen LogP) is 2.89. The smallest absolute Gasteiger partial charge is 0.263 e. The van der Waals surface area contributed by atoms with Crippen LogP contribution >= 0.6 is 0 Å². The van der Waals surface area contributed by atoms with Crippen molar-refractivity contribution in [3.63, 3.8) is 0 Å². The monoisotopic (exact) mass is 370 g/mol. The van der Waals surface area contributed by atoms with Crippen LogP contribution in [0.1, 0.15) is 22.8 Å². The molecule has 1 heterocycles. The van der Waals surface area contributed by atoms with E-state index in [1.807, 2.05) is 31.2 Å². The first kappa shape index (κ1) is 18.9. The quantitative estimate of drug-likeness (QED) is 0.832. The number of amides is 2. The van der Waals surface area contributed by atoms with Gasteiger partial charge in [-0.25, -0.2) is 4.39 Å². The SMILES string of the molecule is Cc1cccc(OC(C)C(=O)N2CCN(C(=O)c3cccc(F)c3)CC2)c1. The van der Waals surface area contributed by atoms with E-state index in [2.05, 4.69) is 0 Å². The molecule has 5 nitrogen and oxygen atoms in total. The van der Waals surface area contributed by atoms with Crippen LogP contribution in [-0.2, 0) is 4.79 Å². The molecule has 1 aliphatic heterocycles. The molecule has 27 heavy (non-hydrogen) atoms. The number of hydrogen-bond donors (Lipinski definition) is 0. The average molecular weight is 370 g/mol. The minimum Gasteiger partial charge on any atom is -0.481 e. The van der Waals surface area contributed by atoms with Gasteiger partial charge in [-0.1, -0.05) is 18.2 Å². The van der Waals surface area contributed by atoms with Crippen molar-refractivity contribution in [2.24, 2.45) is 0 Å². The maximum absolute atomic E-state index is 13.3. The number of benzene rings is 2. The van der Waals surface area contributed by atoms with E-state index < -0.39 is 11.9 Å². The van der Waals surface area contributed by atoms with E-state index in [9.17, 15) is 14.0 Å². The summed E-state index contributed by atoms with van der Waals surface area (Å²) in [6.45, 7) is 5.39. The molecule has 1 saturated heterocycles. The number of piperazine rings is 1. The number of carbonyl (C=O) groups excluding carboxylic acids is 2. The Morgan fingerprint density at radius 1 is 1.00 bits per heavy atom. The van der Waals surface area contributed by atoms with E-state index in [0.717, 1.165) is 5.56 Å². The molecule has 1 unspecified atom stereocenters. The minimum atomic E-state index is -0.600. The first-order chi connectivity index (χ1) is 12.9. The summed E-state index contributed by atoms with van der Waals surface area (Å²) in [5, 5.41) is 0. The van der Waals surface area contributed by atoms with Crippen molar-refractivity contribution < 1.29 is 18.7 Å². The fourth-order valence-corrected chi connectivity index (χ4v) is 3.13. The maximum Gasteiger partial charge on any atom is 0.263 e. The lowest BCUT2D eigenvalue weighted by molar-refractivity contribution is -0.139. The summed E-state index contributed by atoms with van der Waals surface area (Å²) in [6, 6.07) is 13.2. The summed E-state index contributed by atoms with van der Waals surface area (Å²) in [7, 11) is 0. The maximum atomic E-state index is 13.3. The number of ether oxygens (including phenoxy) is 1. The lowest BCUT2D eigenvalue weighted by Crippen LogP contribution is -2.53. The van der Waals surface area contributed by atoms with Crippen LogP contribution in [0, 0.1) is 12.7 Å². The molecule has 142 valence electrons. The van der Waals surface area contributed by atoms with E-state index in [4.69, 9.17) is 4.74 Å². The van der Waals surface area contributed by atoms with Gasteiger partial charge in [-0.3, -0.25) is 9.59 Å². The molecule has 0 bridgehead atoms. The van der Waals surface area contributed by atoms with Crippen molar-refractivity contribution in [3.8, 4) is 5.75 Å². The lowest BCUT2D eigenvalue weighted by atomic mass is 10.1. The first-order valence-corrected chi connectivity index (χ1v) is 9.01. The molecular formula is C21H23FN2O3. The third kappa shape index (κ3) is 4.64. The molecule has 2 amide bonds. The van der Waals surface area contributed by atoms with Crippen molar-refractivity contribution in [3.05, 3.63) is 65.5 Å². The van der Waals surface area contributed by atoms with Crippen molar-refractivity contribution in [2.75, 3.05) is 26.2 Å². The molecule has 3 rings (SSSR count). The molecule has 2 aromatic rings. The normalized spacial score (nSPS) is 15.4. The highest BCUT2D eigenvalue weighted by molar-refractivity contribution is 5.94. The predicted molar refractivity (Wildman–Crippen MR) is 100 cm³/mol. The second-order valence-electron chi connectivity index (χ2n) is 6.70. The molecule has 0 aliphatic carbocycles. The lowest BCUT2D eigenvalue weighted by Gasteiger charge is -2.36. The zero-order valence-corrected chi connectivity index (χ0v) is 15.5. The number of halogens is 1. The number of carbonyl (C=O) groups is 2. The molecule has 2 aromatic carbocycles. The molecule has 0 aromatic heterocycles. The zero-order chi connectivity index (χ0) is 19.4. The van der Waals surface area contributed by atoms with Crippen LogP contribution in [0.3, 0.4) is 0 Å². The molecule has 0 spiro atoms. The second-order valence-corrected chi connectivity index (χ2v) is 6.70. The van der Waals surface area contributed by atoms with Gasteiger partial charge in [-0.2, -0.15) is 0 Å². The van der Waals surface area contributed by atoms with Crippen molar-refractivity contribution in [1.82, 2.24) is 9.80 Å². The fraction of sp³-hybridized carbons (Fsp3) is 0.333. The third-order valence-electron chi connectivity index (χ3n) is 4.60. The largest absolute Gasteiger partial charge is 0.481 e. The second kappa shape index (κ2) is 8.20. The van der Waals surface area contributed by atoms with Gasteiger partial charge >= 0.3 is 0 Å². The van der Waals surface area contributed by atoms with E-state index in [0.29, 0.717) is 37.5 Å². The molecule has 1 aliphatic rings. The van der Waals surface area contributed by atoms with Crippen LogP contribution in [-0.4, -0.2) is 53.9 Å². The third-order valence-corrected chi connectivity index (χ3v) is 4.60. The van der Waals surface area contributed by atoms with Crippen LogP contribution < -0.4 is 4.74 Å². The van der Waals surface area contributed by atoms with Gasteiger partial charge in [0.05, 0.1) is 0 Å². The Kier molecular flexibility index (Phi) is 5.74. The Labute approximate surface area is 158 Å². The highest BCUT2D eigenvalue weighted by Crippen LogP contribution is 2.16. The van der Waals surface area contributed by atoms with Crippen LogP contribution in [0.2, 0.25) is 0 Å². The van der Waals surface area contributed by atoms with E-state index in [1.165, 1.54) is 18.2 Å². The molecule has 1 fully saturated rings. The molecule has 0 saturated carbocycles. The van der Waals surface area contributed by atoms with Crippen molar-refractivity contribution >= 4 is 11.8 Å². The van der Waals surface area contributed by atoms with E-state index >= 15 is 0 Å². The molecule has 1 atom stereocenters. The van der Waals surface area contributed by atoms with Gasteiger partial charge in [0.25, 0.3) is 11.8 Å². The fourth-order valence-electron chi connectivity index (χ4n) is 3.13. The Hall–Kier alpha value is -2.89. The zero-order valence-electron chi connectivity index (χ0n) is 15.5. The summed E-state index contributed by atoms with van der Waals surface area (Å²) in [5.41, 5.74) is 1.39. The summed E-state index contributed by atoms with van der Waals surface area (Å²) in [6.07, 6.45) is -0.600.